The second kappa shape index (κ2) is 11.3. The van der Waals surface area contributed by atoms with Gasteiger partial charge in [0.15, 0.2) is 0 Å². The van der Waals surface area contributed by atoms with Crippen LogP contribution < -0.4 is 5.32 Å². The third-order valence-corrected chi connectivity index (χ3v) is 6.43. The van der Waals surface area contributed by atoms with Crippen LogP contribution >= 0.6 is 34.7 Å². The lowest BCUT2D eigenvalue weighted by atomic mass is 10.0. The number of nitrogens with one attached hydrogen (secondary N) is 1. The van der Waals surface area contributed by atoms with Crippen molar-refractivity contribution in [1.82, 2.24) is 10.3 Å². The van der Waals surface area contributed by atoms with Crippen molar-refractivity contribution in [3.8, 4) is 0 Å². The summed E-state index contributed by atoms with van der Waals surface area (Å²) < 4.78 is 0. The maximum absolute atomic E-state index is 9.64. The van der Waals surface area contributed by atoms with Gasteiger partial charge in [-0.05, 0) is 43.1 Å². The van der Waals surface area contributed by atoms with E-state index in [1.807, 2.05) is 29.5 Å². The highest BCUT2D eigenvalue weighted by molar-refractivity contribution is 7.98. The lowest BCUT2D eigenvalue weighted by molar-refractivity contribution is -0.143. The summed E-state index contributed by atoms with van der Waals surface area (Å²) in [7, 11) is 0. The standard InChI is InChI=1S/C14H15ClN2S2.C4H6O4/c15-13-2-1-10-3-5-16-6-4-12(10)14(13)18-8-11-7-17-9-19-11;5-3(6)1-2-4(7)8/h1-2,7,9,16H,3-6,8H2;1-2H2,(H,5,6)(H,7,8). The van der Waals surface area contributed by atoms with E-state index in [0.29, 0.717) is 0 Å². The molecule has 1 aliphatic heterocycles. The van der Waals surface area contributed by atoms with Crippen LogP contribution in [0.4, 0.5) is 0 Å². The largest absolute Gasteiger partial charge is 0.481 e. The third-order valence-electron chi connectivity index (χ3n) is 3.83. The molecule has 3 rings (SSSR count). The fraction of sp³-hybridized carbons (Fsp3) is 0.389. The normalized spacial score (nSPS) is 13.1. The quantitative estimate of drug-likeness (QED) is 0.603. The fourth-order valence-electron chi connectivity index (χ4n) is 2.54. The summed E-state index contributed by atoms with van der Waals surface area (Å²) in [5.41, 5.74) is 4.76. The topological polar surface area (TPSA) is 99.5 Å². The maximum Gasteiger partial charge on any atom is 0.303 e. The summed E-state index contributed by atoms with van der Waals surface area (Å²) in [6, 6.07) is 4.22. The molecule has 0 atom stereocenters. The number of thiazole rings is 1. The number of carboxylic acids is 2. The second-order valence-electron chi connectivity index (χ2n) is 5.81. The third kappa shape index (κ3) is 7.50. The van der Waals surface area contributed by atoms with Crippen LogP contribution in [-0.4, -0.2) is 40.2 Å². The number of benzene rings is 1. The van der Waals surface area contributed by atoms with Gasteiger partial charge in [-0.25, -0.2) is 0 Å². The molecular formula is C18H21ClN2O4S2. The van der Waals surface area contributed by atoms with Crippen LogP contribution in [-0.2, 0) is 28.2 Å². The average molecular weight is 429 g/mol. The van der Waals surface area contributed by atoms with Crippen LogP contribution in [0.5, 0.6) is 0 Å². The van der Waals surface area contributed by atoms with Gasteiger partial charge in [0.1, 0.15) is 0 Å². The van der Waals surface area contributed by atoms with Gasteiger partial charge in [0.2, 0.25) is 0 Å². The summed E-state index contributed by atoms with van der Waals surface area (Å²) in [4.78, 5) is 26.0. The molecule has 27 heavy (non-hydrogen) atoms. The van der Waals surface area contributed by atoms with E-state index in [9.17, 15) is 9.59 Å². The van der Waals surface area contributed by atoms with Crippen LogP contribution in [0.2, 0.25) is 5.02 Å². The van der Waals surface area contributed by atoms with E-state index < -0.39 is 11.9 Å². The summed E-state index contributed by atoms with van der Waals surface area (Å²) in [6.07, 6.45) is 3.51. The number of rotatable bonds is 6. The van der Waals surface area contributed by atoms with Gasteiger partial charge in [0.25, 0.3) is 0 Å². The zero-order chi connectivity index (χ0) is 19.6. The van der Waals surface area contributed by atoms with Crippen LogP contribution in [0.25, 0.3) is 0 Å². The highest BCUT2D eigenvalue weighted by atomic mass is 35.5. The zero-order valence-corrected chi connectivity index (χ0v) is 17.0. The van der Waals surface area contributed by atoms with Gasteiger partial charge in [-0.2, -0.15) is 0 Å². The van der Waals surface area contributed by atoms with Crippen molar-refractivity contribution >= 4 is 46.6 Å². The monoisotopic (exact) mass is 428 g/mol. The molecule has 9 heteroatoms. The Kier molecular flexibility index (Phi) is 9.06. The minimum atomic E-state index is -1.08. The predicted octanol–water partition coefficient (Wildman–Crippen LogP) is 3.71. The molecule has 1 aromatic carbocycles. The molecule has 1 aromatic heterocycles. The van der Waals surface area contributed by atoms with E-state index in [2.05, 4.69) is 16.4 Å². The number of aliphatic carboxylic acids is 2. The van der Waals surface area contributed by atoms with Gasteiger partial charge in [0.05, 0.1) is 23.4 Å². The van der Waals surface area contributed by atoms with Gasteiger partial charge >= 0.3 is 11.9 Å². The van der Waals surface area contributed by atoms with Gasteiger partial charge in [-0.15, -0.1) is 23.1 Å². The van der Waals surface area contributed by atoms with Crippen molar-refractivity contribution in [3.63, 3.8) is 0 Å². The number of nitrogens with zero attached hydrogens (tertiary/aromatic N) is 1. The van der Waals surface area contributed by atoms with Crippen molar-refractivity contribution in [3.05, 3.63) is 44.9 Å². The molecule has 1 aliphatic rings. The number of hydrogen-bond acceptors (Lipinski definition) is 6. The lowest BCUT2D eigenvalue weighted by Gasteiger charge is -2.13. The van der Waals surface area contributed by atoms with Crippen LogP contribution in [0, 0.1) is 0 Å². The van der Waals surface area contributed by atoms with Crippen LogP contribution in [0.15, 0.2) is 28.7 Å². The van der Waals surface area contributed by atoms with E-state index >= 15 is 0 Å². The Hall–Kier alpha value is -1.61. The number of aromatic nitrogens is 1. The highest BCUT2D eigenvalue weighted by Crippen LogP contribution is 2.36. The molecule has 0 fully saturated rings. The number of halogens is 1. The summed E-state index contributed by atoms with van der Waals surface area (Å²) >= 11 is 9.94. The number of thioether (sulfide) groups is 1. The predicted molar refractivity (Wildman–Crippen MR) is 108 cm³/mol. The van der Waals surface area contributed by atoms with Gasteiger partial charge in [-0.3, -0.25) is 14.6 Å². The molecule has 0 radical (unpaired) electrons. The van der Waals surface area contributed by atoms with Crippen LogP contribution in [0.1, 0.15) is 28.8 Å². The average Bonchev–Trinajstić information content (AvgIpc) is 3.03. The molecule has 0 saturated carbocycles. The maximum atomic E-state index is 9.64. The van der Waals surface area contributed by atoms with Gasteiger partial charge in [0, 0.05) is 21.7 Å². The first-order valence-corrected chi connectivity index (χ1v) is 10.7. The number of hydrogen-bond donors (Lipinski definition) is 3. The van der Waals surface area contributed by atoms with E-state index in [-0.39, 0.29) is 12.8 Å². The van der Waals surface area contributed by atoms with Gasteiger partial charge < -0.3 is 15.5 Å². The Morgan fingerprint density at radius 3 is 2.52 bits per heavy atom. The Morgan fingerprint density at radius 2 is 1.89 bits per heavy atom. The van der Waals surface area contributed by atoms with Gasteiger partial charge in [-0.1, -0.05) is 17.7 Å². The molecule has 0 saturated heterocycles. The van der Waals surface area contributed by atoms with Crippen molar-refractivity contribution in [2.24, 2.45) is 0 Å². The Labute approximate surface area is 171 Å². The Bertz CT molecular complexity index is 755. The molecule has 0 aliphatic carbocycles. The molecular weight excluding hydrogens is 408 g/mol. The Morgan fingerprint density at radius 1 is 1.19 bits per heavy atom. The lowest BCUT2D eigenvalue weighted by Crippen LogP contribution is -2.16. The second-order valence-corrected chi connectivity index (χ2v) is 8.17. The summed E-state index contributed by atoms with van der Waals surface area (Å²) in [5, 5.41) is 20.1. The number of fused-ring (bicyclic) bond motifs is 1. The molecule has 2 aromatic rings. The van der Waals surface area contributed by atoms with Crippen molar-refractivity contribution < 1.29 is 19.8 Å². The first-order chi connectivity index (χ1) is 13.0. The smallest absolute Gasteiger partial charge is 0.303 e. The SMILES string of the molecule is Clc1ccc2c(c1SCc1cncs1)CCNCC2.O=C(O)CCC(=O)O. The molecule has 2 heterocycles. The van der Waals surface area contributed by atoms with Crippen molar-refractivity contribution in [2.75, 3.05) is 13.1 Å². The number of carbonyl (C=O) groups is 2. The first kappa shape index (κ1) is 21.7. The molecule has 146 valence electrons. The fourth-order valence-corrected chi connectivity index (χ4v) is 4.68. The minimum absolute atomic E-state index is 0.296. The first-order valence-electron chi connectivity index (χ1n) is 8.42. The number of carboxylic acid groups (broad SMARTS) is 2. The van der Waals surface area contributed by atoms with E-state index in [1.165, 1.54) is 20.9 Å². The van der Waals surface area contributed by atoms with Crippen LogP contribution in [0.3, 0.4) is 0 Å². The zero-order valence-electron chi connectivity index (χ0n) is 14.6. The molecule has 0 amide bonds. The summed E-state index contributed by atoms with van der Waals surface area (Å²) in [6.45, 7) is 2.11. The molecule has 0 spiro atoms. The Balaban J connectivity index is 0.000000279. The molecule has 6 nitrogen and oxygen atoms in total. The van der Waals surface area contributed by atoms with E-state index in [1.54, 1.807) is 11.3 Å². The molecule has 3 N–H and O–H groups in total. The molecule has 0 bridgehead atoms. The van der Waals surface area contributed by atoms with Crippen molar-refractivity contribution in [1.29, 1.82) is 0 Å². The van der Waals surface area contributed by atoms with E-state index in [0.717, 1.165) is 36.7 Å². The minimum Gasteiger partial charge on any atom is -0.481 e. The van der Waals surface area contributed by atoms with Crippen molar-refractivity contribution in [2.45, 2.75) is 36.3 Å². The summed E-state index contributed by atoms with van der Waals surface area (Å²) in [5.74, 6) is -1.20. The molecule has 0 unspecified atom stereocenters. The van der Waals surface area contributed by atoms with E-state index in [4.69, 9.17) is 21.8 Å². The highest BCUT2D eigenvalue weighted by Gasteiger charge is 2.15.